The van der Waals surface area contributed by atoms with Crippen molar-refractivity contribution in [2.75, 3.05) is 0 Å². The van der Waals surface area contributed by atoms with E-state index in [4.69, 9.17) is 0 Å². The van der Waals surface area contributed by atoms with Crippen molar-refractivity contribution in [2.45, 2.75) is 26.4 Å². The molecule has 0 saturated carbocycles. The molecular weight excluding hydrogens is 256 g/mol. The minimum Gasteiger partial charge on any atom is -0.310 e. The van der Waals surface area contributed by atoms with Gasteiger partial charge in [0.05, 0.1) is 10.6 Å². The predicted molar refractivity (Wildman–Crippen MR) is 77.3 cm³/mol. The van der Waals surface area contributed by atoms with Gasteiger partial charge in [-0.3, -0.25) is 14.8 Å². The summed E-state index contributed by atoms with van der Waals surface area (Å²) in [6, 6.07) is 6.93. The minimum absolute atomic E-state index is 0.0796. The van der Waals surface area contributed by atoms with E-state index < -0.39 is 4.92 Å². The molecule has 0 fully saturated rings. The van der Waals surface area contributed by atoms with Crippen LogP contribution in [0.5, 0.6) is 0 Å². The lowest BCUT2D eigenvalue weighted by Crippen LogP contribution is -2.21. The molecule has 0 aliphatic rings. The number of hydrogen-bond acceptors (Lipinski definition) is 4. The van der Waals surface area contributed by atoms with Crippen LogP contribution in [-0.4, -0.2) is 20.7 Å². The fourth-order valence-electron chi connectivity index (χ4n) is 1.99. The maximum absolute atomic E-state index is 10.9. The van der Waals surface area contributed by atoms with Crippen LogP contribution in [0.3, 0.4) is 0 Å². The van der Waals surface area contributed by atoms with Gasteiger partial charge in [-0.15, -0.1) is 0 Å². The number of aryl methyl sites for hydroxylation is 1. The summed E-state index contributed by atoms with van der Waals surface area (Å²) < 4.78 is 1.73. The molecule has 106 valence electrons. The Labute approximate surface area is 117 Å². The fraction of sp³-hybridized carbons (Fsp3) is 0.357. The van der Waals surface area contributed by atoms with Crippen LogP contribution in [-0.2, 0) is 13.6 Å². The van der Waals surface area contributed by atoms with Crippen LogP contribution in [0.1, 0.15) is 19.4 Å². The van der Waals surface area contributed by atoms with E-state index in [1.54, 1.807) is 16.8 Å². The van der Waals surface area contributed by atoms with Gasteiger partial charge < -0.3 is 5.32 Å². The number of nitrogens with one attached hydrogen (secondary N) is 1. The van der Waals surface area contributed by atoms with E-state index in [2.05, 4.69) is 24.3 Å². The second-order valence-corrected chi connectivity index (χ2v) is 5.02. The van der Waals surface area contributed by atoms with Crippen molar-refractivity contribution in [3.05, 3.63) is 46.1 Å². The minimum atomic E-state index is -0.390. The SMILES string of the molecule is CC(C)NCc1cn(C)nc1-c1cccc([N+](=O)[O-])c1. The lowest BCUT2D eigenvalue weighted by Gasteiger charge is -2.07. The van der Waals surface area contributed by atoms with Gasteiger partial charge in [0.25, 0.3) is 5.69 Å². The predicted octanol–water partition coefficient (Wildman–Crippen LogP) is 2.49. The molecule has 0 aliphatic carbocycles. The van der Waals surface area contributed by atoms with Gasteiger partial charge in [0, 0.05) is 49.1 Å². The zero-order valence-corrected chi connectivity index (χ0v) is 11.8. The molecule has 2 rings (SSSR count). The van der Waals surface area contributed by atoms with Gasteiger partial charge >= 0.3 is 0 Å². The quantitative estimate of drug-likeness (QED) is 0.671. The zero-order valence-electron chi connectivity index (χ0n) is 11.8. The number of nitrogens with zero attached hydrogens (tertiary/aromatic N) is 3. The van der Waals surface area contributed by atoms with Gasteiger partial charge in [0.15, 0.2) is 0 Å². The summed E-state index contributed by atoms with van der Waals surface area (Å²) in [7, 11) is 1.85. The number of rotatable bonds is 5. The molecule has 6 heteroatoms. The zero-order chi connectivity index (χ0) is 14.7. The van der Waals surface area contributed by atoms with Crippen molar-refractivity contribution in [1.29, 1.82) is 0 Å². The normalized spacial score (nSPS) is 11.0. The van der Waals surface area contributed by atoms with Crippen molar-refractivity contribution in [2.24, 2.45) is 7.05 Å². The average molecular weight is 274 g/mol. The summed E-state index contributed by atoms with van der Waals surface area (Å²) in [6.07, 6.45) is 1.93. The number of non-ortho nitro benzene ring substituents is 1. The lowest BCUT2D eigenvalue weighted by molar-refractivity contribution is -0.384. The van der Waals surface area contributed by atoms with E-state index >= 15 is 0 Å². The number of aromatic nitrogens is 2. The molecule has 1 aromatic carbocycles. The van der Waals surface area contributed by atoms with Crippen LogP contribution in [0, 0.1) is 10.1 Å². The Balaban J connectivity index is 2.36. The Kier molecular flexibility index (Phi) is 4.14. The first-order valence-corrected chi connectivity index (χ1v) is 6.48. The molecule has 1 aromatic heterocycles. The van der Waals surface area contributed by atoms with Crippen molar-refractivity contribution in [1.82, 2.24) is 15.1 Å². The van der Waals surface area contributed by atoms with Crippen molar-refractivity contribution < 1.29 is 4.92 Å². The first kappa shape index (κ1) is 14.2. The summed E-state index contributed by atoms with van der Waals surface area (Å²) in [5, 5.41) is 18.6. The van der Waals surface area contributed by atoms with Crippen LogP contribution >= 0.6 is 0 Å². The molecular formula is C14H18N4O2. The molecule has 0 saturated heterocycles. The largest absolute Gasteiger partial charge is 0.310 e. The maximum Gasteiger partial charge on any atom is 0.270 e. The second kappa shape index (κ2) is 5.83. The van der Waals surface area contributed by atoms with Crippen molar-refractivity contribution in [3.8, 4) is 11.3 Å². The number of hydrogen-bond donors (Lipinski definition) is 1. The van der Waals surface area contributed by atoms with E-state index in [1.165, 1.54) is 6.07 Å². The Morgan fingerprint density at radius 1 is 1.45 bits per heavy atom. The molecule has 1 heterocycles. The highest BCUT2D eigenvalue weighted by molar-refractivity contribution is 5.65. The standard InChI is InChI=1S/C14H18N4O2/c1-10(2)15-8-12-9-17(3)16-14(12)11-5-4-6-13(7-11)18(19)20/h4-7,9-10,15H,8H2,1-3H3. The third-order valence-corrected chi connectivity index (χ3v) is 2.94. The Hall–Kier alpha value is -2.21. The molecule has 6 nitrogen and oxygen atoms in total. The second-order valence-electron chi connectivity index (χ2n) is 5.02. The molecule has 0 unspecified atom stereocenters. The molecule has 0 spiro atoms. The van der Waals surface area contributed by atoms with E-state index in [9.17, 15) is 10.1 Å². The molecule has 0 radical (unpaired) electrons. The van der Waals surface area contributed by atoms with Crippen molar-refractivity contribution >= 4 is 5.69 Å². The number of nitro groups is 1. The summed E-state index contributed by atoms with van der Waals surface area (Å²) in [5.74, 6) is 0. The van der Waals surface area contributed by atoms with Gasteiger partial charge in [-0.2, -0.15) is 5.10 Å². The summed E-state index contributed by atoms with van der Waals surface area (Å²) in [4.78, 5) is 10.5. The van der Waals surface area contributed by atoms with E-state index in [1.807, 2.05) is 19.3 Å². The van der Waals surface area contributed by atoms with Crippen LogP contribution in [0.4, 0.5) is 5.69 Å². The Bertz CT molecular complexity index is 619. The van der Waals surface area contributed by atoms with Gasteiger partial charge in [-0.1, -0.05) is 26.0 Å². The Morgan fingerprint density at radius 2 is 2.20 bits per heavy atom. The highest BCUT2D eigenvalue weighted by Gasteiger charge is 2.13. The van der Waals surface area contributed by atoms with Crippen LogP contribution in [0.2, 0.25) is 0 Å². The van der Waals surface area contributed by atoms with E-state index in [-0.39, 0.29) is 5.69 Å². The first-order chi connectivity index (χ1) is 9.47. The van der Waals surface area contributed by atoms with E-state index in [0.29, 0.717) is 12.6 Å². The highest BCUT2D eigenvalue weighted by atomic mass is 16.6. The fourth-order valence-corrected chi connectivity index (χ4v) is 1.99. The average Bonchev–Trinajstić information content (AvgIpc) is 2.77. The number of benzene rings is 1. The Morgan fingerprint density at radius 3 is 2.85 bits per heavy atom. The third kappa shape index (κ3) is 3.21. The third-order valence-electron chi connectivity index (χ3n) is 2.94. The molecule has 1 N–H and O–H groups in total. The molecule has 0 atom stereocenters. The molecule has 2 aromatic rings. The first-order valence-electron chi connectivity index (χ1n) is 6.48. The van der Waals surface area contributed by atoms with Crippen LogP contribution in [0.25, 0.3) is 11.3 Å². The van der Waals surface area contributed by atoms with Crippen LogP contribution < -0.4 is 5.32 Å². The highest BCUT2D eigenvalue weighted by Crippen LogP contribution is 2.25. The topological polar surface area (TPSA) is 73.0 Å². The summed E-state index contributed by atoms with van der Waals surface area (Å²) >= 11 is 0. The van der Waals surface area contributed by atoms with Crippen LogP contribution in [0.15, 0.2) is 30.5 Å². The van der Waals surface area contributed by atoms with E-state index in [0.717, 1.165) is 16.8 Å². The number of nitro benzene ring substituents is 1. The monoisotopic (exact) mass is 274 g/mol. The molecule has 0 bridgehead atoms. The molecule has 20 heavy (non-hydrogen) atoms. The summed E-state index contributed by atoms with van der Waals surface area (Å²) in [5.41, 5.74) is 2.65. The summed E-state index contributed by atoms with van der Waals surface area (Å²) in [6.45, 7) is 4.83. The lowest BCUT2D eigenvalue weighted by atomic mass is 10.1. The maximum atomic E-state index is 10.9. The van der Waals surface area contributed by atoms with Gasteiger partial charge in [-0.25, -0.2) is 0 Å². The van der Waals surface area contributed by atoms with Gasteiger partial charge in [0.1, 0.15) is 0 Å². The smallest absolute Gasteiger partial charge is 0.270 e. The van der Waals surface area contributed by atoms with Gasteiger partial charge in [0.2, 0.25) is 0 Å². The molecule has 0 amide bonds. The molecule has 0 aliphatic heterocycles. The van der Waals surface area contributed by atoms with Crippen molar-refractivity contribution in [3.63, 3.8) is 0 Å². The van der Waals surface area contributed by atoms with Gasteiger partial charge in [-0.05, 0) is 0 Å².